The number of alkyl halides is 3. The number of amides is 1. The number of aromatic nitrogens is 2. The molecule has 0 radical (unpaired) electrons. The number of nitrogens with zero attached hydrogens (tertiary/aromatic N) is 3. The van der Waals surface area contributed by atoms with Crippen LogP contribution in [0.2, 0.25) is 0 Å². The Morgan fingerprint density at radius 2 is 1.90 bits per heavy atom. The van der Waals surface area contributed by atoms with Gasteiger partial charge in [-0.15, -0.1) is 0 Å². The van der Waals surface area contributed by atoms with E-state index in [1.165, 1.54) is 23.2 Å². The number of cyclic esters (lactones) is 1. The largest absolute Gasteiger partial charge is 0.447 e. The molecule has 12 heteroatoms. The van der Waals surface area contributed by atoms with Crippen LogP contribution in [0.15, 0.2) is 30.5 Å². The molecule has 1 aliphatic carbocycles. The molecule has 1 N–H and O–H groups in total. The minimum absolute atomic E-state index is 0.0167. The number of halogens is 4. The summed E-state index contributed by atoms with van der Waals surface area (Å²) in [5.74, 6) is -0.189. The third-order valence-electron chi connectivity index (χ3n) is 7.45. The van der Waals surface area contributed by atoms with E-state index in [1.807, 2.05) is 13.8 Å². The van der Waals surface area contributed by atoms with Crippen LogP contribution >= 0.6 is 0 Å². The zero-order valence-electron chi connectivity index (χ0n) is 22.7. The SMILES string of the molecule is CC(C)[C@H]1COC(=O)N1c1ccnc(N[C@@H](C)c2ccc(C(=O)CC3CCC(OCC(F)(F)F)CC3)c(F)c2)n1. The van der Waals surface area contributed by atoms with Crippen molar-refractivity contribution in [2.45, 2.75) is 77.2 Å². The second-order valence-electron chi connectivity index (χ2n) is 10.8. The fourth-order valence-electron chi connectivity index (χ4n) is 5.13. The number of rotatable bonds is 10. The van der Waals surface area contributed by atoms with Crippen molar-refractivity contribution in [2.24, 2.45) is 11.8 Å². The molecule has 40 heavy (non-hydrogen) atoms. The predicted octanol–water partition coefficient (Wildman–Crippen LogP) is 6.48. The van der Waals surface area contributed by atoms with Gasteiger partial charge in [-0.1, -0.05) is 19.9 Å². The van der Waals surface area contributed by atoms with Crippen LogP contribution < -0.4 is 10.2 Å². The van der Waals surface area contributed by atoms with Gasteiger partial charge in [0.25, 0.3) is 0 Å². The Hall–Kier alpha value is -3.28. The van der Waals surface area contributed by atoms with Crippen molar-refractivity contribution in [2.75, 3.05) is 23.4 Å². The molecule has 2 heterocycles. The number of nitrogens with one attached hydrogen (secondary N) is 1. The molecule has 1 amide bonds. The molecule has 0 bridgehead atoms. The molecule has 1 aliphatic heterocycles. The van der Waals surface area contributed by atoms with Gasteiger partial charge < -0.3 is 14.8 Å². The molecule has 1 aromatic carbocycles. The number of hydrogen-bond acceptors (Lipinski definition) is 7. The summed E-state index contributed by atoms with van der Waals surface area (Å²) in [6.45, 7) is 4.80. The van der Waals surface area contributed by atoms with Crippen molar-refractivity contribution in [3.63, 3.8) is 0 Å². The van der Waals surface area contributed by atoms with Crippen molar-refractivity contribution >= 4 is 23.6 Å². The van der Waals surface area contributed by atoms with Crippen LogP contribution in [-0.4, -0.2) is 53.4 Å². The maximum atomic E-state index is 15.0. The van der Waals surface area contributed by atoms with E-state index in [4.69, 9.17) is 9.47 Å². The van der Waals surface area contributed by atoms with Crippen LogP contribution in [0.5, 0.6) is 0 Å². The molecule has 0 spiro atoms. The van der Waals surface area contributed by atoms with Gasteiger partial charge in [0.2, 0.25) is 5.95 Å². The molecule has 1 saturated carbocycles. The Morgan fingerprint density at radius 3 is 2.55 bits per heavy atom. The molecule has 2 atom stereocenters. The molecule has 0 unspecified atom stereocenters. The minimum atomic E-state index is -4.36. The molecule has 218 valence electrons. The van der Waals surface area contributed by atoms with E-state index in [1.54, 1.807) is 19.1 Å². The van der Waals surface area contributed by atoms with Crippen molar-refractivity contribution in [3.8, 4) is 0 Å². The minimum Gasteiger partial charge on any atom is -0.447 e. The Morgan fingerprint density at radius 1 is 1.18 bits per heavy atom. The summed E-state index contributed by atoms with van der Waals surface area (Å²) >= 11 is 0. The second-order valence-corrected chi connectivity index (χ2v) is 10.8. The number of ether oxygens (including phenoxy) is 2. The molecule has 4 rings (SSSR count). The Kier molecular flexibility index (Phi) is 9.27. The zero-order valence-corrected chi connectivity index (χ0v) is 22.7. The zero-order chi connectivity index (χ0) is 29.0. The quantitative estimate of drug-likeness (QED) is 0.260. The lowest BCUT2D eigenvalue weighted by atomic mass is 9.83. The maximum absolute atomic E-state index is 15.0. The molecular formula is C28H34F4N4O4. The molecular weight excluding hydrogens is 532 g/mol. The average molecular weight is 567 g/mol. The first-order valence-electron chi connectivity index (χ1n) is 13.5. The van der Waals surface area contributed by atoms with E-state index in [0.717, 1.165) is 0 Å². The van der Waals surface area contributed by atoms with Crippen molar-refractivity contribution in [1.82, 2.24) is 9.97 Å². The van der Waals surface area contributed by atoms with Crippen LogP contribution in [0.4, 0.5) is 34.1 Å². The van der Waals surface area contributed by atoms with Crippen LogP contribution in [0.25, 0.3) is 0 Å². The summed E-state index contributed by atoms with van der Waals surface area (Å²) < 4.78 is 62.2. The lowest BCUT2D eigenvalue weighted by Gasteiger charge is -2.28. The highest BCUT2D eigenvalue weighted by Crippen LogP contribution is 2.32. The average Bonchev–Trinajstić information content (AvgIpc) is 3.29. The molecule has 2 fully saturated rings. The summed E-state index contributed by atoms with van der Waals surface area (Å²) in [7, 11) is 0. The topological polar surface area (TPSA) is 93.7 Å². The van der Waals surface area contributed by atoms with Crippen molar-refractivity contribution in [1.29, 1.82) is 0 Å². The van der Waals surface area contributed by atoms with Gasteiger partial charge in [0.05, 0.1) is 23.8 Å². The van der Waals surface area contributed by atoms with E-state index in [2.05, 4.69) is 15.3 Å². The van der Waals surface area contributed by atoms with Gasteiger partial charge in [0.15, 0.2) is 5.78 Å². The summed E-state index contributed by atoms with van der Waals surface area (Å²) in [6, 6.07) is 5.47. The summed E-state index contributed by atoms with van der Waals surface area (Å²) in [5.41, 5.74) is 0.558. The third kappa shape index (κ3) is 7.47. The van der Waals surface area contributed by atoms with Gasteiger partial charge in [-0.25, -0.2) is 14.2 Å². The Balaban J connectivity index is 1.34. The summed E-state index contributed by atoms with van der Waals surface area (Å²) in [6.07, 6.45) is -1.64. The van der Waals surface area contributed by atoms with Gasteiger partial charge in [0, 0.05) is 12.6 Å². The number of anilines is 2. The maximum Gasteiger partial charge on any atom is 0.415 e. The van der Waals surface area contributed by atoms with Crippen molar-refractivity contribution in [3.05, 3.63) is 47.4 Å². The predicted molar refractivity (Wildman–Crippen MR) is 140 cm³/mol. The van der Waals surface area contributed by atoms with Gasteiger partial charge in [-0.2, -0.15) is 18.2 Å². The summed E-state index contributed by atoms with van der Waals surface area (Å²) in [5, 5.41) is 3.11. The standard InChI is InChI=1S/C28H34F4N4O4/c1-16(2)23-14-39-27(38)36(23)25-10-11-33-26(35-25)34-17(3)19-6-9-21(22(29)13-19)24(37)12-18-4-7-20(8-5-18)40-15-28(30,31)32/h6,9-11,13,16-18,20,23H,4-5,7-8,12,14-15H2,1-3H3,(H,33,34,35)/t17-,18?,20?,23+/m0/s1. The van der Waals surface area contributed by atoms with Crippen LogP contribution in [0.1, 0.15) is 74.8 Å². The van der Waals surface area contributed by atoms with Crippen LogP contribution in [0.3, 0.4) is 0 Å². The number of ketones is 1. The van der Waals surface area contributed by atoms with Gasteiger partial charge in [-0.3, -0.25) is 9.69 Å². The van der Waals surface area contributed by atoms with Crippen LogP contribution in [0, 0.1) is 17.7 Å². The lowest BCUT2D eigenvalue weighted by molar-refractivity contribution is -0.188. The normalized spacial score (nSPS) is 22.4. The lowest BCUT2D eigenvalue weighted by Crippen LogP contribution is -2.37. The number of carbonyl (C=O) groups is 2. The number of benzene rings is 1. The fourth-order valence-corrected chi connectivity index (χ4v) is 5.13. The van der Waals surface area contributed by atoms with Gasteiger partial charge >= 0.3 is 12.3 Å². The highest BCUT2D eigenvalue weighted by atomic mass is 19.4. The highest BCUT2D eigenvalue weighted by Gasteiger charge is 2.37. The van der Waals surface area contributed by atoms with E-state index in [0.29, 0.717) is 37.1 Å². The van der Waals surface area contributed by atoms with E-state index in [9.17, 15) is 27.2 Å². The molecule has 1 aromatic heterocycles. The van der Waals surface area contributed by atoms with Gasteiger partial charge in [0.1, 0.15) is 24.8 Å². The molecule has 2 aliphatic rings. The van der Waals surface area contributed by atoms with Gasteiger partial charge in [-0.05, 0) is 68.2 Å². The van der Waals surface area contributed by atoms with E-state index in [-0.39, 0.29) is 48.2 Å². The number of carbonyl (C=O) groups excluding carboxylic acids is 2. The third-order valence-corrected chi connectivity index (χ3v) is 7.45. The highest BCUT2D eigenvalue weighted by molar-refractivity contribution is 5.96. The number of Topliss-reactive ketones (excluding diaryl/α,β-unsaturated/α-hetero) is 1. The van der Waals surface area contributed by atoms with E-state index < -0.39 is 36.8 Å². The smallest absolute Gasteiger partial charge is 0.415 e. The fraction of sp³-hybridized carbons (Fsp3) is 0.571. The van der Waals surface area contributed by atoms with E-state index >= 15 is 0 Å². The van der Waals surface area contributed by atoms with Crippen molar-refractivity contribution < 1.29 is 36.6 Å². The first-order chi connectivity index (χ1) is 18.9. The number of hydrogen-bond donors (Lipinski definition) is 1. The second kappa shape index (κ2) is 12.5. The Labute approximate surface area is 230 Å². The first-order valence-corrected chi connectivity index (χ1v) is 13.5. The first kappa shape index (κ1) is 29.7. The molecule has 2 aromatic rings. The monoisotopic (exact) mass is 566 g/mol. The molecule has 8 nitrogen and oxygen atoms in total. The van der Waals surface area contributed by atoms with Crippen LogP contribution in [-0.2, 0) is 9.47 Å². The summed E-state index contributed by atoms with van der Waals surface area (Å²) in [4.78, 5) is 35.3. The Bertz CT molecular complexity index is 1200. The molecule has 1 saturated heterocycles.